The van der Waals surface area contributed by atoms with E-state index >= 15 is 0 Å². The summed E-state index contributed by atoms with van der Waals surface area (Å²) in [5.41, 5.74) is 2.95. The van der Waals surface area contributed by atoms with Gasteiger partial charge in [-0.3, -0.25) is 0 Å². The number of aryl methyl sites for hydroxylation is 1. The molecule has 1 saturated heterocycles. The Balaban J connectivity index is 1.73. The molecule has 2 aromatic carbocycles. The number of hydrogen-bond acceptors (Lipinski definition) is 3. The van der Waals surface area contributed by atoms with Crippen LogP contribution in [0.15, 0.2) is 48.5 Å². The Labute approximate surface area is 173 Å². The number of halogens is 1. The second-order valence-corrected chi connectivity index (χ2v) is 8.79. The highest BCUT2D eigenvalue weighted by Gasteiger charge is 2.29. The number of piperidine rings is 1. The summed E-state index contributed by atoms with van der Waals surface area (Å²) in [5, 5.41) is 0. The molecule has 0 spiro atoms. The Morgan fingerprint density at radius 2 is 1.79 bits per heavy atom. The highest BCUT2D eigenvalue weighted by molar-refractivity contribution is 5.68. The van der Waals surface area contributed by atoms with Crippen molar-refractivity contribution in [3.05, 3.63) is 65.5 Å². The predicted octanol–water partition coefficient (Wildman–Crippen LogP) is 5.54. The molecule has 4 nitrogen and oxygen atoms in total. The van der Waals surface area contributed by atoms with Crippen molar-refractivity contribution in [1.29, 1.82) is 0 Å². The van der Waals surface area contributed by atoms with Crippen molar-refractivity contribution in [2.24, 2.45) is 0 Å². The maximum absolute atomic E-state index is 13.3. The van der Waals surface area contributed by atoms with Crippen molar-refractivity contribution in [2.75, 3.05) is 18.0 Å². The van der Waals surface area contributed by atoms with Gasteiger partial charge in [-0.2, -0.15) is 0 Å². The average molecular weight is 399 g/mol. The molecule has 0 saturated carbocycles. The van der Waals surface area contributed by atoms with Crippen LogP contribution in [0.4, 0.5) is 14.9 Å². The third kappa shape index (κ3) is 5.96. The standard InChI is InChI=1S/C24H31FN2O2/c1-18-6-5-7-22(16-18)27(17-19-8-10-20(25)11-9-19)21-12-14-26(15-13-21)23(28)29-24(2,3)4/h5-11,16,21H,12-15,17H2,1-4H3. The van der Waals surface area contributed by atoms with Crippen LogP contribution in [0.5, 0.6) is 0 Å². The fourth-order valence-electron chi connectivity index (χ4n) is 3.71. The number of carbonyl (C=O) groups excluding carboxylic acids is 1. The summed E-state index contributed by atoms with van der Waals surface area (Å²) in [6.07, 6.45) is 1.50. The maximum atomic E-state index is 13.3. The lowest BCUT2D eigenvalue weighted by Crippen LogP contribution is -2.48. The van der Waals surface area contributed by atoms with Crippen molar-refractivity contribution in [1.82, 2.24) is 4.90 Å². The molecule has 3 rings (SSSR count). The highest BCUT2D eigenvalue weighted by Crippen LogP contribution is 2.27. The van der Waals surface area contributed by atoms with Crippen LogP contribution in [0.25, 0.3) is 0 Å². The van der Waals surface area contributed by atoms with Crippen molar-refractivity contribution in [3.8, 4) is 0 Å². The first-order valence-corrected chi connectivity index (χ1v) is 10.3. The van der Waals surface area contributed by atoms with Gasteiger partial charge in [0, 0.05) is 31.4 Å². The molecule has 1 aliphatic rings. The van der Waals surface area contributed by atoms with Gasteiger partial charge in [0.15, 0.2) is 0 Å². The van der Waals surface area contributed by atoms with Gasteiger partial charge in [-0.25, -0.2) is 9.18 Å². The summed E-state index contributed by atoms with van der Waals surface area (Å²) < 4.78 is 18.8. The molecule has 5 heteroatoms. The van der Waals surface area contributed by atoms with E-state index in [4.69, 9.17) is 4.74 Å². The van der Waals surface area contributed by atoms with Crippen LogP contribution >= 0.6 is 0 Å². The molecule has 0 radical (unpaired) electrons. The van der Waals surface area contributed by atoms with Gasteiger partial charge in [-0.05, 0) is 75.9 Å². The van der Waals surface area contributed by atoms with Gasteiger partial charge in [0.25, 0.3) is 0 Å². The van der Waals surface area contributed by atoms with Crippen LogP contribution in [-0.2, 0) is 11.3 Å². The number of anilines is 1. The van der Waals surface area contributed by atoms with Gasteiger partial charge in [-0.15, -0.1) is 0 Å². The van der Waals surface area contributed by atoms with Crippen molar-refractivity contribution in [2.45, 2.75) is 58.7 Å². The molecule has 1 fully saturated rings. The van der Waals surface area contributed by atoms with E-state index in [1.54, 1.807) is 4.90 Å². The van der Waals surface area contributed by atoms with E-state index in [9.17, 15) is 9.18 Å². The molecule has 1 heterocycles. The number of benzene rings is 2. The SMILES string of the molecule is Cc1cccc(N(Cc2ccc(F)cc2)C2CCN(C(=O)OC(C)(C)C)CC2)c1. The fourth-order valence-corrected chi connectivity index (χ4v) is 3.71. The molecular formula is C24H31FN2O2. The molecule has 0 aliphatic carbocycles. The first-order chi connectivity index (χ1) is 13.7. The molecule has 1 aliphatic heterocycles. The molecule has 0 bridgehead atoms. The molecule has 1 amide bonds. The highest BCUT2D eigenvalue weighted by atomic mass is 19.1. The van der Waals surface area contributed by atoms with E-state index in [2.05, 4.69) is 36.1 Å². The van der Waals surface area contributed by atoms with Gasteiger partial charge in [0.1, 0.15) is 11.4 Å². The first kappa shape index (κ1) is 21.2. The van der Waals surface area contributed by atoms with Gasteiger partial charge < -0.3 is 14.5 Å². The van der Waals surface area contributed by atoms with Gasteiger partial charge in [-0.1, -0.05) is 24.3 Å². The Morgan fingerprint density at radius 1 is 1.14 bits per heavy atom. The Kier molecular flexibility index (Phi) is 6.46. The van der Waals surface area contributed by atoms with Crippen LogP contribution in [0.1, 0.15) is 44.7 Å². The molecule has 0 N–H and O–H groups in total. The summed E-state index contributed by atoms with van der Waals surface area (Å²) in [7, 11) is 0. The summed E-state index contributed by atoms with van der Waals surface area (Å²) in [6.45, 7) is 9.81. The van der Waals surface area contributed by atoms with Crippen molar-refractivity contribution in [3.63, 3.8) is 0 Å². The largest absolute Gasteiger partial charge is 0.444 e. The zero-order valence-corrected chi connectivity index (χ0v) is 17.8. The number of nitrogens with zero attached hydrogens (tertiary/aromatic N) is 2. The number of ether oxygens (including phenoxy) is 1. The third-order valence-corrected chi connectivity index (χ3v) is 5.16. The normalized spacial score (nSPS) is 15.3. The quantitative estimate of drug-likeness (QED) is 0.678. The van der Waals surface area contributed by atoms with Crippen LogP contribution < -0.4 is 4.90 Å². The Bertz CT molecular complexity index is 822. The zero-order chi connectivity index (χ0) is 21.0. The fraction of sp³-hybridized carbons (Fsp3) is 0.458. The van der Waals surface area contributed by atoms with Crippen LogP contribution in [0.2, 0.25) is 0 Å². The van der Waals surface area contributed by atoms with E-state index in [0.717, 1.165) is 24.1 Å². The lowest BCUT2D eigenvalue weighted by molar-refractivity contribution is 0.0204. The minimum atomic E-state index is -0.482. The molecule has 29 heavy (non-hydrogen) atoms. The minimum absolute atomic E-state index is 0.221. The number of amides is 1. The van der Waals surface area contributed by atoms with Crippen molar-refractivity contribution >= 4 is 11.8 Å². The minimum Gasteiger partial charge on any atom is -0.444 e. The molecular weight excluding hydrogens is 367 g/mol. The maximum Gasteiger partial charge on any atom is 0.410 e. The number of carbonyl (C=O) groups is 1. The third-order valence-electron chi connectivity index (χ3n) is 5.16. The van der Waals surface area contributed by atoms with E-state index in [-0.39, 0.29) is 11.9 Å². The van der Waals surface area contributed by atoms with Crippen LogP contribution in [-0.4, -0.2) is 35.7 Å². The molecule has 2 aromatic rings. The van der Waals surface area contributed by atoms with E-state index in [0.29, 0.717) is 25.7 Å². The Morgan fingerprint density at radius 3 is 2.38 bits per heavy atom. The second-order valence-electron chi connectivity index (χ2n) is 8.79. The molecule has 0 unspecified atom stereocenters. The van der Waals surface area contributed by atoms with Crippen LogP contribution in [0.3, 0.4) is 0 Å². The van der Waals surface area contributed by atoms with E-state index in [1.807, 2.05) is 32.9 Å². The van der Waals surface area contributed by atoms with E-state index in [1.165, 1.54) is 17.7 Å². The summed E-state index contributed by atoms with van der Waals surface area (Å²) in [6, 6.07) is 15.5. The molecule has 0 aromatic heterocycles. The number of hydrogen-bond donors (Lipinski definition) is 0. The average Bonchev–Trinajstić information content (AvgIpc) is 2.66. The second kappa shape index (κ2) is 8.85. The van der Waals surface area contributed by atoms with Gasteiger partial charge >= 0.3 is 6.09 Å². The smallest absolute Gasteiger partial charge is 0.410 e. The number of rotatable bonds is 4. The molecule has 156 valence electrons. The topological polar surface area (TPSA) is 32.8 Å². The van der Waals surface area contributed by atoms with E-state index < -0.39 is 5.60 Å². The van der Waals surface area contributed by atoms with Gasteiger partial charge in [0.2, 0.25) is 0 Å². The first-order valence-electron chi connectivity index (χ1n) is 10.3. The monoisotopic (exact) mass is 398 g/mol. The number of likely N-dealkylation sites (tertiary alicyclic amines) is 1. The zero-order valence-electron chi connectivity index (χ0n) is 17.8. The summed E-state index contributed by atoms with van der Waals surface area (Å²) >= 11 is 0. The summed E-state index contributed by atoms with van der Waals surface area (Å²) in [5.74, 6) is -0.221. The lowest BCUT2D eigenvalue weighted by Gasteiger charge is -2.40. The van der Waals surface area contributed by atoms with Crippen LogP contribution in [0, 0.1) is 12.7 Å². The lowest BCUT2D eigenvalue weighted by atomic mass is 10.0. The predicted molar refractivity (Wildman–Crippen MR) is 115 cm³/mol. The summed E-state index contributed by atoms with van der Waals surface area (Å²) in [4.78, 5) is 16.6. The van der Waals surface area contributed by atoms with Crippen molar-refractivity contribution < 1.29 is 13.9 Å². The van der Waals surface area contributed by atoms with Gasteiger partial charge in [0.05, 0.1) is 0 Å². The molecule has 0 atom stereocenters. The Hall–Kier alpha value is -2.56.